The first-order chi connectivity index (χ1) is 13.3. The second kappa shape index (κ2) is 7.04. The molecule has 0 aromatic heterocycles. The van der Waals surface area contributed by atoms with Gasteiger partial charge in [0.25, 0.3) is 5.91 Å². The van der Waals surface area contributed by atoms with Crippen LogP contribution in [0.2, 0.25) is 0 Å². The fourth-order valence-electron chi connectivity index (χ4n) is 3.94. The Bertz CT molecular complexity index is 879. The van der Waals surface area contributed by atoms with E-state index in [9.17, 15) is 18.0 Å². The van der Waals surface area contributed by atoms with Crippen LogP contribution in [-0.4, -0.2) is 37.1 Å². The van der Waals surface area contributed by atoms with E-state index >= 15 is 0 Å². The summed E-state index contributed by atoms with van der Waals surface area (Å²) in [5.41, 5.74) is 4.25. The van der Waals surface area contributed by atoms with Gasteiger partial charge in [0.2, 0.25) is 0 Å². The Morgan fingerprint density at radius 1 is 1.07 bits per heavy atom. The molecule has 0 bridgehead atoms. The molecule has 7 heteroatoms. The molecule has 2 heterocycles. The molecule has 2 aromatic rings. The normalized spacial score (nSPS) is 19.7. The minimum absolute atomic E-state index is 0.0165. The van der Waals surface area contributed by atoms with Gasteiger partial charge >= 0.3 is 6.18 Å². The molecule has 1 saturated heterocycles. The number of carbonyl (C=O) groups is 1. The van der Waals surface area contributed by atoms with Crippen LogP contribution in [0.15, 0.2) is 42.5 Å². The number of rotatable bonds is 3. The Labute approximate surface area is 161 Å². The third kappa shape index (κ3) is 3.66. The average Bonchev–Trinajstić information content (AvgIpc) is 2.95. The summed E-state index contributed by atoms with van der Waals surface area (Å²) in [6.45, 7) is 1.26. The largest absolute Gasteiger partial charge is 0.393 e. The molecule has 4 rings (SSSR count). The topological polar surface area (TPSA) is 35.6 Å². The van der Waals surface area contributed by atoms with E-state index in [0.717, 1.165) is 28.2 Å². The Balaban J connectivity index is 1.44. The van der Waals surface area contributed by atoms with Crippen LogP contribution in [-0.2, 0) is 6.54 Å². The maximum Gasteiger partial charge on any atom is 0.393 e. The van der Waals surface area contributed by atoms with Gasteiger partial charge in [0.15, 0.2) is 0 Å². The molecule has 1 fully saturated rings. The Kier molecular flexibility index (Phi) is 4.69. The quantitative estimate of drug-likeness (QED) is 0.820. The van der Waals surface area contributed by atoms with Gasteiger partial charge in [-0.05, 0) is 60.9 Å². The van der Waals surface area contributed by atoms with Crippen LogP contribution < -0.4 is 10.2 Å². The third-order valence-electron chi connectivity index (χ3n) is 5.50. The molecule has 1 unspecified atom stereocenters. The molecule has 2 aliphatic rings. The van der Waals surface area contributed by atoms with E-state index in [1.165, 1.54) is 0 Å². The van der Waals surface area contributed by atoms with Gasteiger partial charge in [0.05, 0.1) is 5.92 Å². The van der Waals surface area contributed by atoms with Gasteiger partial charge in [-0.15, -0.1) is 0 Å². The molecule has 1 atom stereocenters. The first-order valence-electron chi connectivity index (χ1n) is 9.38. The first-order valence-corrected chi connectivity index (χ1v) is 9.38. The molecular weight excluding hydrogens is 367 g/mol. The van der Waals surface area contributed by atoms with Gasteiger partial charge in [-0.1, -0.05) is 0 Å². The van der Waals surface area contributed by atoms with Crippen molar-refractivity contribution in [2.24, 2.45) is 5.92 Å². The number of halogens is 3. The number of alkyl halides is 3. The van der Waals surface area contributed by atoms with Gasteiger partial charge in [-0.2, -0.15) is 13.2 Å². The number of carbonyl (C=O) groups excluding carboxylic acids is 1. The zero-order valence-corrected chi connectivity index (χ0v) is 15.6. The van der Waals surface area contributed by atoms with Gasteiger partial charge in [0.1, 0.15) is 0 Å². The highest BCUT2D eigenvalue weighted by atomic mass is 19.4. The van der Waals surface area contributed by atoms with Crippen molar-refractivity contribution in [3.8, 4) is 0 Å². The smallest absolute Gasteiger partial charge is 0.371 e. The van der Waals surface area contributed by atoms with Gasteiger partial charge in [-0.3, -0.25) is 4.79 Å². The third-order valence-corrected chi connectivity index (χ3v) is 5.50. The van der Waals surface area contributed by atoms with Crippen molar-refractivity contribution < 1.29 is 18.0 Å². The summed E-state index contributed by atoms with van der Waals surface area (Å²) in [5, 5.41) is 3.30. The zero-order chi connectivity index (χ0) is 19.9. The maximum absolute atomic E-state index is 13.0. The highest BCUT2D eigenvalue weighted by molar-refractivity contribution is 5.98. The Morgan fingerprint density at radius 3 is 2.50 bits per heavy atom. The lowest BCUT2D eigenvalue weighted by Gasteiger charge is -2.35. The molecule has 148 valence electrons. The summed E-state index contributed by atoms with van der Waals surface area (Å²) in [7, 11) is 1.78. The van der Waals surface area contributed by atoms with E-state index in [4.69, 9.17) is 0 Å². The molecule has 0 spiro atoms. The summed E-state index contributed by atoms with van der Waals surface area (Å²) in [5.74, 6) is -1.23. The van der Waals surface area contributed by atoms with Gasteiger partial charge in [-0.25, -0.2) is 0 Å². The fraction of sp³-hybridized carbons (Fsp3) is 0.381. The number of piperidine rings is 1. The SMILES string of the molecule is CN1Cc2cc(Nc3ccc(N4CCCC(C(F)(F)F)C4)cc3)ccc2C1=O. The molecule has 4 nitrogen and oxygen atoms in total. The fourth-order valence-corrected chi connectivity index (χ4v) is 3.94. The van der Waals surface area contributed by atoms with Crippen molar-refractivity contribution >= 4 is 23.0 Å². The summed E-state index contributed by atoms with van der Waals surface area (Å²) >= 11 is 0. The van der Waals surface area contributed by atoms with Crippen molar-refractivity contribution in [1.29, 1.82) is 0 Å². The van der Waals surface area contributed by atoms with Crippen LogP contribution >= 0.6 is 0 Å². The van der Waals surface area contributed by atoms with Crippen molar-refractivity contribution in [2.45, 2.75) is 25.6 Å². The van der Waals surface area contributed by atoms with Crippen molar-refractivity contribution in [3.05, 3.63) is 53.6 Å². The van der Waals surface area contributed by atoms with Crippen LogP contribution in [0.25, 0.3) is 0 Å². The highest BCUT2D eigenvalue weighted by Gasteiger charge is 2.41. The van der Waals surface area contributed by atoms with E-state index in [0.29, 0.717) is 19.5 Å². The predicted molar refractivity (Wildman–Crippen MR) is 103 cm³/mol. The molecular formula is C21H22F3N3O. The molecule has 0 aliphatic carbocycles. The second-order valence-electron chi connectivity index (χ2n) is 7.53. The standard InChI is InChI=1S/C21H22F3N3O/c1-26-12-14-11-17(6-9-19(14)20(26)28)25-16-4-7-18(8-5-16)27-10-2-3-15(13-27)21(22,23)24/h4-9,11,15,25H,2-3,10,12-13H2,1H3. The van der Waals surface area contributed by atoms with Crippen LogP contribution in [0.4, 0.5) is 30.2 Å². The summed E-state index contributed by atoms with van der Waals surface area (Å²) < 4.78 is 39.1. The average molecular weight is 389 g/mol. The molecule has 1 amide bonds. The lowest BCUT2D eigenvalue weighted by atomic mass is 9.97. The van der Waals surface area contributed by atoms with E-state index in [1.54, 1.807) is 11.9 Å². The molecule has 0 radical (unpaired) electrons. The molecule has 28 heavy (non-hydrogen) atoms. The summed E-state index contributed by atoms with van der Waals surface area (Å²) in [4.78, 5) is 15.5. The molecule has 0 saturated carbocycles. The molecule has 2 aromatic carbocycles. The van der Waals surface area contributed by atoms with Crippen molar-refractivity contribution in [1.82, 2.24) is 4.90 Å². The van der Waals surface area contributed by atoms with Crippen molar-refractivity contribution in [2.75, 3.05) is 30.4 Å². The number of anilines is 3. The monoisotopic (exact) mass is 389 g/mol. The molecule has 1 N–H and O–H groups in total. The number of amides is 1. The summed E-state index contributed by atoms with van der Waals surface area (Å²) in [6.07, 6.45) is -3.38. The number of hydrogen-bond donors (Lipinski definition) is 1. The lowest BCUT2D eigenvalue weighted by Crippen LogP contribution is -2.41. The number of fused-ring (bicyclic) bond motifs is 1. The Hall–Kier alpha value is -2.70. The number of nitrogens with one attached hydrogen (secondary N) is 1. The Morgan fingerprint density at radius 2 is 1.79 bits per heavy atom. The van der Waals surface area contributed by atoms with Gasteiger partial charge < -0.3 is 15.1 Å². The van der Waals surface area contributed by atoms with E-state index in [-0.39, 0.29) is 18.9 Å². The molecule has 2 aliphatic heterocycles. The van der Waals surface area contributed by atoms with Crippen LogP contribution in [0.1, 0.15) is 28.8 Å². The number of nitrogens with zero attached hydrogens (tertiary/aromatic N) is 2. The maximum atomic E-state index is 13.0. The van der Waals surface area contributed by atoms with Crippen molar-refractivity contribution in [3.63, 3.8) is 0 Å². The van der Waals surface area contributed by atoms with Crippen LogP contribution in [0, 0.1) is 5.92 Å². The first kappa shape index (κ1) is 18.7. The van der Waals surface area contributed by atoms with Crippen LogP contribution in [0.5, 0.6) is 0 Å². The van der Waals surface area contributed by atoms with E-state index in [1.807, 2.05) is 47.4 Å². The minimum Gasteiger partial charge on any atom is -0.371 e. The van der Waals surface area contributed by atoms with Gasteiger partial charge in [0, 0.05) is 49.3 Å². The number of benzene rings is 2. The zero-order valence-electron chi connectivity index (χ0n) is 15.6. The summed E-state index contributed by atoms with van der Waals surface area (Å²) in [6, 6.07) is 13.1. The highest BCUT2D eigenvalue weighted by Crippen LogP contribution is 2.35. The van der Waals surface area contributed by atoms with Crippen LogP contribution in [0.3, 0.4) is 0 Å². The number of hydrogen-bond acceptors (Lipinski definition) is 3. The van der Waals surface area contributed by atoms with E-state index < -0.39 is 12.1 Å². The van der Waals surface area contributed by atoms with E-state index in [2.05, 4.69) is 5.32 Å². The lowest BCUT2D eigenvalue weighted by molar-refractivity contribution is -0.175. The minimum atomic E-state index is -4.14. The predicted octanol–water partition coefficient (Wildman–Crippen LogP) is 4.79. The second-order valence-corrected chi connectivity index (χ2v) is 7.53.